The van der Waals surface area contributed by atoms with E-state index in [1.165, 1.54) is 20.1 Å². The quantitative estimate of drug-likeness (QED) is 0.686. The highest BCUT2D eigenvalue weighted by Crippen LogP contribution is 2.27. The van der Waals surface area contributed by atoms with Gasteiger partial charge >= 0.3 is 5.97 Å². The van der Waals surface area contributed by atoms with E-state index in [1.54, 1.807) is 12.1 Å². The molecule has 0 aromatic heterocycles. The highest BCUT2D eigenvalue weighted by Gasteiger charge is 2.38. The van der Waals surface area contributed by atoms with Gasteiger partial charge in [0.1, 0.15) is 5.54 Å². The first kappa shape index (κ1) is 18.6. The monoisotopic (exact) mass is 441 g/mol. The second-order valence-corrected chi connectivity index (χ2v) is 8.17. The SMILES string of the molecule is CCCC(C)(NS(=O)(=O)c1ccc(Br)cc1Br)C(=O)OC. The van der Waals surface area contributed by atoms with Crippen LogP contribution in [0.4, 0.5) is 0 Å². The van der Waals surface area contributed by atoms with Crippen molar-refractivity contribution in [3.8, 4) is 0 Å². The Hall–Kier alpha value is -0.440. The third kappa shape index (κ3) is 4.51. The number of esters is 1. The van der Waals surface area contributed by atoms with E-state index >= 15 is 0 Å². The molecule has 0 heterocycles. The third-order valence-electron chi connectivity index (χ3n) is 2.93. The molecule has 0 bridgehead atoms. The van der Waals surface area contributed by atoms with Crippen LogP contribution in [0.15, 0.2) is 32.0 Å². The number of carbonyl (C=O) groups excluding carboxylic acids is 1. The minimum atomic E-state index is -3.86. The van der Waals surface area contributed by atoms with Crippen LogP contribution in [0.1, 0.15) is 26.7 Å². The van der Waals surface area contributed by atoms with Gasteiger partial charge in [-0.25, -0.2) is 8.42 Å². The van der Waals surface area contributed by atoms with Gasteiger partial charge < -0.3 is 4.74 Å². The van der Waals surface area contributed by atoms with E-state index in [0.29, 0.717) is 17.3 Å². The fourth-order valence-electron chi connectivity index (χ4n) is 1.96. The Kier molecular flexibility index (Phi) is 6.39. The number of rotatable bonds is 6. The maximum Gasteiger partial charge on any atom is 0.326 e. The van der Waals surface area contributed by atoms with Crippen molar-refractivity contribution in [1.29, 1.82) is 0 Å². The summed E-state index contributed by atoms with van der Waals surface area (Å²) in [5.74, 6) is -0.610. The van der Waals surface area contributed by atoms with E-state index in [0.717, 1.165) is 4.47 Å². The lowest BCUT2D eigenvalue weighted by atomic mass is 9.98. The standard InChI is InChI=1S/C13H17Br2NO4S/c1-4-7-13(2,12(17)20-3)16-21(18,19)11-6-5-9(14)8-10(11)15/h5-6,8,16H,4,7H2,1-3H3. The zero-order valence-corrected chi connectivity index (χ0v) is 15.9. The average Bonchev–Trinajstić information content (AvgIpc) is 2.36. The Labute approximate surface area is 141 Å². The Balaban J connectivity index is 3.21. The van der Waals surface area contributed by atoms with Gasteiger partial charge in [-0.2, -0.15) is 4.72 Å². The van der Waals surface area contributed by atoms with Gasteiger partial charge in [0.05, 0.1) is 12.0 Å². The minimum Gasteiger partial charge on any atom is -0.468 e. The second kappa shape index (κ2) is 7.21. The first-order valence-corrected chi connectivity index (χ1v) is 9.30. The van der Waals surface area contributed by atoms with E-state index in [2.05, 4.69) is 36.6 Å². The van der Waals surface area contributed by atoms with Gasteiger partial charge in [0.15, 0.2) is 0 Å². The molecule has 1 aromatic carbocycles. The van der Waals surface area contributed by atoms with Crippen molar-refractivity contribution < 1.29 is 17.9 Å². The van der Waals surface area contributed by atoms with Crippen molar-refractivity contribution in [3.05, 3.63) is 27.1 Å². The molecule has 0 aliphatic carbocycles. The Morgan fingerprint density at radius 3 is 2.48 bits per heavy atom. The molecule has 8 heteroatoms. The topological polar surface area (TPSA) is 72.5 Å². The molecule has 0 spiro atoms. The number of nitrogens with one attached hydrogen (secondary N) is 1. The number of benzene rings is 1. The second-order valence-electron chi connectivity index (χ2n) is 4.75. The Bertz CT molecular complexity index is 633. The molecule has 0 radical (unpaired) electrons. The summed E-state index contributed by atoms with van der Waals surface area (Å²) in [7, 11) is -2.63. The molecule has 1 rings (SSSR count). The maximum atomic E-state index is 12.5. The number of methoxy groups -OCH3 is 1. The molecule has 0 fully saturated rings. The van der Waals surface area contributed by atoms with E-state index in [1.807, 2.05) is 6.92 Å². The maximum absolute atomic E-state index is 12.5. The predicted molar refractivity (Wildman–Crippen MR) is 87.5 cm³/mol. The molecule has 0 saturated heterocycles. The molecule has 21 heavy (non-hydrogen) atoms. The van der Waals surface area contributed by atoms with Crippen LogP contribution in [0.25, 0.3) is 0 Å². The summed E-state index contributed by atoms with van der Waals surface area (Å²) >= 11 is 6.48. The van der Waals surface area contributed by atoms with Crippen molar-refractivity contribution in [2.75, 3.05) is 7.11 Å². The van der Waals surface area contributed by atoms with Crippen molar-refractivity contribution in [2.24, 2.45) is 0 Å². The molecule has 1 N–H and O–H groups in total. The lowest BCUT2D eigenvalue weighted by molar-refractivity contribution is -0.147. The molecular weight excluding hydrogens is 426 g/mol. The number of hydrogen-bond acceptors (Lipinski definition) is 4. The number of ether oxygens (including phenoxy) is 1. The van der Waals surface area contributed by atoms with Crippen LogP contribution in [-0.2, 0) is 19.6 Å². The largest absolute Gasteiger partial charge is 0.468 e. The summed E-state index contributed by atoms with van der Waals surface area (Å²) < 4.78 is 33.3. The normalized spacial score (nSPS) is 14.5. The van der Waals surface area contributed by atoms with Gasteiger partial charge in [0.25, 0.3) is 0 Å². The molecular formula is C13H17Br2NO4S. The molecule has 5 nitrogen and oxygen atoms in total. The van der Waals surface area contributed by atoms with Gasteiger partial charge in [-0.1, -0.05) is 29.3 Å². The summed E-state index contributed by atoms with van der Waals surface area (Å²) in [6, 6.07) is 4.71. The fourth-order valence-corrected chi connectivity index (χ4v) is 5.10. The first-order chi connectivity index (χ1) is 9.66. The lowest BCUT2D eigenvalue weighted by Crippen LogP contribution is -2.52. The summed E-state index contributed by atoms with van der Waals surface area (Å²) in [6.45, 7) is 3.39. The van der Waals surface area contributed by atoms with Gasteiger partial charge in [0, 0.05) is 8.95 Å². The van der Waals surface area contributed by atoms with Crippen molar-refractivity contribution in [3.63, 3.8) is 0 Å². The van der Waals surface area contributed by atoms with Gasteiger partial charge in [-0.15, -0.1) is 0 Å². The van der Waals surface area contributed by atoms with Crippen LogP contribution in [0.2, 0.25) is 0 Å². The smallest absolute Gasteiger partial charge is 0.326 e. The van der Waals surface area contributed by atoms with E-state index in [9.17, 15) is 13.2 Å². The molecule has 0 amide bonds. The van der Waals surface area contributed by atoms with Crippen LogP contribution in [-0.4, -0.2) is 27.0 Å². The Morgan fingerprint density at radius 1 is 1.38 bits per heavy atom. The highest BCUT2D eigenvalue weighted by atomic mass is 79.9. The fraction of sp³-hybridized carbons (Fsp3) is 0.462. The molecule has 0 saturated carbocycles. The van der Waals surface area contributed by atoms with E-state index < -0.39 is 21.5 Å². The summed E-state index contributed by atoms with van der Waals surface area (Å²) in [5.41, 5.74) is -1.30. The van der Waals surface area contributed by atoms with Crippen molar-refractivity contribution >= 4 is 47.9 Å². The molecule has 1 unspecified atom stereocenters. The van der Waals surface area contributed by atoms with Gasteiger partial charge in [-0.3, -0.25) is 4.79 Å². The Morgan fingerprint density at radius 2 is 2.00 bits per heavy atom. The molecule has 0 aliphatic rings. The number of carbonyl (C=O) groups is 1. The van der Waals surface area contributed by atoms with Crippen molar-refractivity contribution in [1.82, 2.24) is 4.72 Å². The van der Waals surface area contributed by atoms with Crippen LogP contribution in [0, 0.1) is 0 Å². The minimum absolute atomic E-state index is 0.0666. The third-order valence-corrected chi connectivity index (χ3v) is 6.00. The van der Waals surface area contributed by atoms with Crippen LogP contribution < -0.4 is 4.72 Å². The zero-order chi connectivity index (χ0) is 16.3. The zero-order valence-electron chi connectivity index (χ0n) is 11.9. The van der Waals surface area contributed by atoms with Crippen LogP contribution in [0.5, 0.6) is 0 Å². The summed E-state index contributed by atoms with van der Waals surface area (Å²) in [4.78, 5) is 12.0. The number of halogens is 2. The predicted octanol–water partition coefficient (Wildman–Crippen LogP) is 3.22. The van der Waals surface area contributed by atoms with E-state index in [-0.39, 0.29) is 4.90 Å². The number of hydrogen-bond donors (Lipinski definition) is 1. The van der Waals surface area contributed by atoms with E-state index in [4.69, 9.17) is 4.74 Å². The molecule has 1 atom stereocenters. The van der Waals surface area contributed by atoms with Crippen LogP contribution >= 0.6 is 31.9 Å². The lowest BCUT2D eigenvalue weighted by Gasteiger charge is -2.27. The number of sulfonamides is 1. The molecule has 0 aliphatic heterocycles. The first-order valence-electron chi connectivity index (χ1n) is 6.23. The molecule has 1 aromatic rings. The van der Waals surface area contributed by atoms with Gasteiger partial charge in [-0.05, 0) is 47.5 Å². The van der Waals surface area contributed by atoms with Crippen LogP contribution in [0.3, 0.4) is 0 Å². The summed E-state index contributed by atoms with van der Waals surface area (Å²) in [5, 5.41) is 0. The highest BCUT2D eigenvalue weighted by molar-refractivity contribution is 9.11. The molecule has 118 valence electrons. The average molecular weight is 443 g/mol. The summed E-state index contributed by atoms with van der Waals surface area (Å²) in [6.07, 6.45) is 0.975. The van der Waals surface area contributed by atoms with Crippen molar-refractivity contribution in [2.45, 2.75) is 37.1 Å². The van der Waals surface area contributed by atoms with Gasteiger partial charge in [0.2, 0.25) is 10.0 Å².